The van der Waals surface area contributed by atoms with E-state index in [0.717, 1.165) is 12.8 Å². The molecule has 90 valence electrons. The van der Waals surface area contributed by atoms with Crippen LogP contribution < -0.4 is 11.1 Å². The highest BCUT2D eigenvalue weighted by Gasteiger charge is 2.22. The van der Waals surface area contributed by atoms with Crippen LogP contribution in [0.4, 0.5) is 5.82 Å². The number of nitrogens with two attached hydrogens (primary N) is 1. The van der Waals surface area contributed by atoms with Crippen molar-refractivity contribution in [1.82, 2.24) is 10.2 Å². The molecule has 1 rings (SSSR count). The lowest BCUT2D eigenvalue weighted by molar-refractivity contribution is -0.125. The van der Waals surface area contributed by atoms with Gasteiger partial charge in [0.1, 0.15) is 11.9 Å². The number of carbonyl (C=O) groups excluding carboxylic acids is 1. The fourth-order valence-corrected chi connectivity index (χ4v) is 1.32. The number of aliphatic hydroxyl groups is 1. The summed E-state index contributed by atoms with van der Waals surface area (Å²) < 4.78 is 0. The van der Waals surface area contributed by atoms with Crippen LogP contribution in [0.15, 0.2) is 12.3 Å². The molecule has 6 nitrogen and oxygen atoms in total. The number of nitrogens with one attached hydrogen (secondary N) is 2. The first-order chi connectivity index (χ1) is 7.65. The van der Waals surface area contributed by atoms with Gasteiger partial charge in [0.05, 0.1) is 6.20 Å². The van der Waals surface area contributed by atoms with Crippen molar-refractivity contribution >= 4 is 11.7 Å². The summed E-state index contributed by atoms with van der Waals surface area (Å²) in [6, 6.07) is 1.07. The zero-order chi connectivity index (χ0) is 12.0. The van der Waals surface area contributed by atoms with Gasteiger partial charge in [-0.15, -0.1) is 0 Å². The predicted molar refractivity (Wildman–Crippen MR) is 60.7 cm³/mol. The molecule has 1 unspecified atom stereocenters. The van der Waals surface area contributed by atoms with E-state index in [9.17, 15) is 9.90 Å². The summed E-state index contributed by atoms with van der Waals surface area (Å²) in [5.74, 6) is -0.0559. The van der Waals surface area contributed by atoms with Gasteiger partial charge in [0.25, 0.3) is 5.91 Å². The second-order valence-electron chi connectivity index (χ2n) is 3.71. The van der Waals surface area contributed by atoms with Crippen LogP contribution >= 0.6 is 0 Å². The van der Waals surface area contributed by atoms with Gasteiger partial charge in [-0.3, -0.25) is 9.89 Å². The Bertz CT molecular complexity index is 313. The van der Waals surface area contributed by atoms with Crippen molar-refractivity contribution in [2.75, 3.05) is 5.32 Å². The monoisotopic (exact) mass is 226 g/mol. The lowest BCUT2D eigenvalue weighted by atomic mass is 10.0. The Balaban J connectivity index is 2.41. The second-order valence-corrected chi connectivity index (χ2v) is 3.71. The van der Waals surface area contributed by atoms with Crippen LogP contribution in [0.3, 0.4) is 0 Å². The lowest BCUT2D eigenvalue weighted by Crippen LogP contribution is -2.43. The number of aromatic amines is 1. The van der Waals surface area contributed by atoms with Crippen LogP contribution in [-0.2, 0) is 4.79 Å². The van der Waals surface area contributed by atoms with Crippen LogP contribution in [0.1, 0.15) is 26.2 Å². The quantitative estimate of drug-likeness (QED) is 0.557. The number of unbranched alkanes of at least 4 members (excludes halogenated alkanes) is 1. The number of aromatic nitrogens is 2. The van der Waals surface area contributed by atoms with Crippen molar-refractivity contribution in [2.24, 2.45) is 5.73 Å². The van der Waals surface area contributed by atoms with Gasteiger partial charge in [-0.1, -0.05) is 19.8 Å². The van der Waals surface area contributed by atoms with Crippen molar-refractivity contribution in [3.63, 3.8) is 0 Å². The summed E-state index contributed by atoms with van der Waals surface area (Å²) in [6.45, 7) is 2.03. The molecule has 0 aliphatic heterocycles. The molecule has 0 saturated carbocycles. The zero-order valence-corrected chi connectivity index (χ0v) is 9.31. The summed E-state index contributed by atoms with van der Waals surface area (Å²) in [5, 5.41) is 18.4. The van der Waals surface area contributed by atoms with Crippen LogP contribution in [-0.4, -0.2) is 33.4 Å². The molecule has 5 N–H and O–H groups in total. The van der Waals surface area contributed by atoms with Crippen LogP contribution in [0.5, 0.6) is 0 Å². The molecule has 1 aromatic rings. The molecule has 1 amide bonds. The molecule has 1 aromatic heterocycles. The SMILES string of the molecule is CCCC[C@H](N)C(O)C(=O)Nc1ccn[nH]1. The maximum Gasteiger partial charge on any atom is 0.255 e. The first kappa shape index (κ1) is 12.7. The predicted octanol–water partition coefficient (Wildman–Crippen LogP) is 0.227. The van der Waals surface area contributed by atoms with E-state index < -0.39 is 18.1 Å². The number of nitrogens with zero attached hydrogens (tertiary/aromatic N) is 1. The zero-order valence-electron chi connectivity index (χ0n) is 9.31. The topological polar surface area (TPSA) is 104 Å². The van der Waals surface area contributed by atoms with Gasteiger partial charge in [0.2, 0.25) is 0 Å². The number of anilines is 1. The first-order valence-electron chi connectivity index (χ1n) is 5.39. The van der Waals surface area contributed by atoms with Gasteiger partial charge in [0.15, 0.2) is 0 Å². The van der Waals surface area contributed by atoms with E-state index in [4.69, 9.17) is 5.73 Å². The van der Waals surface area contributed by atoms with Crippen molar-refractivity contribution in [2.45, 2.75) is 38.3 Å². The molecule has 0 spiro atoms. The number of amides is 1. The van der Waals surface area contributed by atoms with Gasteiger partial charge < -0.3 is 16.2 Å². The van der Waals surface area contributed by atoms with E-state index >= 15 is 0 Å². The summed E-state index contributed by atoms with van der Waals surface area (Å²) in [4.78, 5) is 11.5. The van der Waals surface area contributed by atoms with E-state index in [-0.39, 0.29) is 0 Å². The van der Waals surface area contributed by atoms with E-state index in [1.54, 1.807) is 6.07 Å². The van der Waals surface area contributed by atoms with E-state index in [0.29, 0.717) is 12.2 Å². The molecule has 0 aliphatic carbocycles. The van der Waals surface area contributed by atoms with Crippen molar-refractivity contribution in [1.29, 1.82) is 0 Å². The van der Waals surface area contributed by atoms with Crippen molar-refractivity contribution in [3.8, 4) is 0 Å². The number of H-pyrrole nitrogens is 1. The fraction of sp³-hybridized carbons (Fsp3) is 0.600. The summed E-state index contributed by atoms with van der Waals surface area (Å²) in [6.07, 6.45) is 2.85. The molecular weight excluding hydrogens is 208 g/mol. The van der Waals surface area contributed by atoms with Gasteiger partial charge in [0, 0.05) is 12.1 Å². The van der Waals surface area contributed by atoms with Crippen LogP contribution in [0.2, 0.25) is 0 Å². The van der Waals surface area contributed by atoms with Gasteiger partial charge in [-0.2, -0.15) is 5.10 Å². The molecule has 0 fully saturated rings. The van der Waals surface area contributed by atoms with Crippen molar-refractivity contribution < 1.29 is 9.90 Å². The highest BCUT2D eigenvalue weighted by atomic mass is 16.3. The Labute approximate surface area is 94.2 Å². The molecular formula is C10H18N4O2. The number of carbonyl (C=O) groups is 1. The molecule has 0 saturated heterocycles. The largest absolute Gasteiger partial charge is 0.382 e. The average molecular weight is 226 g/mol. The number of aliphatic hydroxyl groups excluding tert-OH is 1. The Kier molecular flexibility index (Phi) is 4.94. The molecule has 16 heavy (non-hydrogen) atoms. The summed E-state index contributed by atoms with van der Waals surface area (Å²) in [7, 11) is 0. The maximum atomic E-state index is 11.5. The van der Waals surface area contributed by atoms with E-state index in [2.05, 4.69) is 15.5 Å². The summed E-state index contributed by atoms with van der Waals surface area (Å²) in [5.41, 5.74) is 5.70. The maximum absolute atomic E-state index is 11.5. The minimum absolute atomic E-state index is 0.451. The van der Waals surface area contributed by atoms with E-state index in [1.165, 1.54) is 6.20 Å². The minimum atomic E-state index is -1.19. The molecule has 0 bridgehead atoms. The number of rotatable bonds is 6. The number of hydrogen-bond acceptors (Lipinski definition) is 4. The van der Waals surface area contributed by atoms with Gasteiger partial charge >= 0.3 is 0 Å². The Morgan fingerprint density at radius 1 is 1.75 bits per heavy atom. The lowest BCUT2D eigenvalue weighted by Gasteiger charge is -2.17. The summed E-state index contributed by atoms with van der Waals surface area (Å²) >= 11 is 0. The first-order valence-corrected chi connectivity index (χ1v) is 5.39. The third-order valence-electron chi connectivity index (χ3n) is 2.32. The van der Waals surface area contributed by atoms with Gasteiger partial charge in [-0.05, 0) is 6.42 Å². The normalized spacial score (nSPS) is 14.4. The highest BCUT2D eigenvalue weighted by molar-refractivity contribution is 5.93. The Morgan fingerprint density at radius 3 is 3.06 bits per heavy atom. The smallest absolute Gasteiger partial charge is 0.255 e. The fourth-order valence-electron chi connectivity index (χ4n) is 1.32. The third-order valence-corrected chi connectivity index (χ3v) is 2.32. The molecule has 2 atom stereocenters. The molecule has 0 radical (unpaired) electrons. The Morgan fingerprint density at radius 2 is 2.50 bits per heavy atom. The molecule has 0 aromatic carbocycles. The standard InChI is InChI=1S/C10H18N4O2/c1-2-3-4-7(11)9(15)10(16)13-8-5-6-12-14-8/h5-7,9,15H,2-4,11H2,1H3,(H2,12,13,14,16)/t7-,9?/m0/s1. The minimum Gasteiger partial charge on any atom is -0.382 e. The molecule has 6 heteroatoms. The Hall–Kier alpha value is -1.40. The molecule has 0 aliphatic rings. The second kappa shape index (κ2) is 6.24. The number of hydrogen-bond donors (Lipinski definition) is 4. The third kappa shape index (κ3) is 3.63. The highest BCUT2D eigenvalue weighted by Crippen LogP contribution is 2.06. The van der Waals surface area contributed by atoms with Gasteiger partial charge in [-0.25, -0.2) is 0 Å². The molecule has 1 heterocycles. The average Bonchev–Trinajstić information content (AvgIpc) is 2.77. The van der Waals surface area contributed by atoms with E-state index in [1.807, 2.05) is 6.92 Å². The van der Waals surface area contributed by atoms with Crippen LogP contribution in [0, 0.1) is 0 Å². The van der Waals surface area contributed by atoms with Crippen LogP contribution in [0.25, 0.3) is 0 Å². The van der Waals surface area contributed by atoms with Crippen molar-refractivity contribution in [3.05, 3.63) is 12.3 Å².